The molecule has 1 saturated carbocycles. The predicted molar refractivity (Wildman–Crippen MR) is 141 cm³/mol. The second kappa shape index (κ2) is 8.50. The lowest BCUT2D eigenvalue weighted by atomic mass is 9.75. The van der Waals surface area contributed by atoms with Crippen molar-refractivity contribution < 1.29 is 9.59 Å². The first-order valence-corrected chi connectivity index (χ1v) is 14.1. The largest absolute Gasteiger partial charge is 0.366 e. The fraction of sp³-hybridized carbons (Fsp3) is 0.481. The van der Waals surface area contributed by atoms with Crippen LogP contribution in [-0.2, 0) is 22.6 Å². The molecule has 1 unspecified atom stereocenters. The van der Waals surface area contributed by atoms with E-state index < -0.39 is 0 Å². The van der Waals surface area contributed by atoms with Gasteiger partial charge in [0.05, 0.1) is 22.5 Å². The zero-order valence-electron chi connectivity index (χ0n) is 20.1. The molecule has 4 aliphatic rings. The molecule has 1 N–H and O–H groups in total. The van der Waals surface area contributed by atoms with Crippen molar-refractivity contribution >= 4 is 50.7 Å². The van der Waals surface area contributed by atoms with Gasteiger partial charge in [-0.05, 0) is 62.3 Å². The maximum Gasteiger partial charge on any atom is 0.230 e. The molecular formula is C27H28ClN5O2S. The second-order valence-electron chi connectivity index (χ2n) is 10.7. The van der Waals surface area contributed by atoms with Gasteiger partial charge in [0.15, 0.2) is 0 Å². The summed E-state index contributed by atoms with van der Waals surface area (Å²) in [7, 11) is 0. The summed E-state index contributed by atoms with van der Waals surface area (Å²) in [6.45, 7) is 2.35. The molecule has 1 aliphatic carbocycles. The number of nitrogens with one attached hydrogen (secondary N) is 1. The number of carbonyl (C=O) groups is 2. The van der Waals surface area contributed by atoms with E-state index in [0.29, 0.717) is 31.0 Å². The third-order valence-electron chi connectivity index (χ3n) is 8.46. The molecule has 1 atom stereocenters. The van der Waals surface area contributed by atoms with Crippen molar-refractivity contribution in [3.63, 3.8) is 0 Å². The van der Waals surface area contributed by atoms with E-state index in [1.54, 1.807) is 17.7 Å². The highest BCUT2D eigenvalue weighted by atomic mass is 35.5. The van der Waals surface area contributed by atoms with Crippen LogP contribution in [0.15, 0.2) is 24.5 Å². The Hall–Kier alpha value is -2.55. The molecule has 3 aromatic rings. The lowest BCUT2D eigenvalue weighted by Gasteiger charge is -2.41. The summed E-state index contributed by atoms with van der Waals surface area (Å²) in [5.74, 6) is -0.199. The molecule has 1 spiro atoms. The Labute approximate surface area is 218 Å². The molecule has 3 aliphatic heterocycles. The summed E-state index contributed by atoms with van der Waals surface area (Å²) in [5.41, 5.74) is 5.66. The third-order valence-corrected chi connectivity index (χ3v) is 9.80. The van der Waals surface area contributed by atoms with Crippen LogP contribution in [0.5, 0.6) is 0 Å². The first-order chi connectivity index (χ1) is 17.5. The van der Waals surface area contributed by atoms with Gasteiger partial charge < -0.3 is 10.2 Å². The zero-order chi connectivity index (χ0) is 24.4. The van der Waals surface area contributed by atoms with Gasteiger partial charge in [0.2, 0.25) is 11.8 Å². The van der Waals surface area contributed by atoms with Gasteiger partial charge in [-0.2, -0.15) is 0 Å². The van der Waals surface area contributed by atoms with Crippen LogP contribution in [0.25, 0.3) is 21.5 Å². The minimum absolute atomic E-state index is 0.0993. The average Bonchev–Trinajstić information content (AvgIpc) is 3.56. The molecule has 186 valence electrons. The van der Waals surface area contributed by atoms with E-state index in [2.05, 4.69) is 27.3 Å². The number of carbonyl (C=O) groups excluding carboxylic acids is 2. The highest BCUT2D eigenvalue weighted by molar-refractivity contribution is 7.19. The summed E-state index contributed by atoms with van der Waals surface area (Å²) in [5, 5.41) is 4.57. The van der Waals surface area contributed by atoms with Gasteiger partial charge in [-0.3, -0.25) is 14.5 Å². The smallest absolute Gasteiger partial charge is 0.230 e. The monoisotopic (exact) mass is 521 g/mol. The molecular weight excluding hydrogens is 494 g/mol. The predicted octanol–water partition coefficient (Wildman–Crippen LogP) is 4.70. The normalized spacial score (nSPS) is 23.1. The van der Waals surface area contributed by atoms with Crippen LogP contribution < -0.4 is 10.2 Å². The maximum atomic E-state index is 12.2. The van der Waals surface area contributed by atoms with Crippen molar-refractivity contribution in [1.82, 2.24) is 20.2 Å². The Morgan fingerprint density at radius 2 is 1.92 bits per heavy atom. The Kier molecular flexibility index (Phi) is 5.34. The van der Waals surface area contributed by atoms with Crippen LogP contribution in [0.2, 0.25) is 5.02 Å². The van der Waals surface area contributed by atoms with Crippen molar-refractivity contribution in [2.45, 2.75) is 69.5 Å². The summed E-state index contributed by atoms with van der Waals surface area (Å²) in [6.07, 6.45) is 9.42. The van der Waals surface area contributed by atoms with Gasteiger partial charge in [-0.15, -0.1) is 11.3 Å². The highest BCUT2D eigenvalue weighted by Gasteiger charge is 2.45. The number of hydrogen-bond donors (Lipinski definition) is 1. The van der Waals surface area contributed by atoms with Gasteiger partial charge >= 0.3 is 0 Å². The van der Waals surface area contributed by atoms with E-state index >= 15 is 0 Å². The topological polar surface area (TPSA) is 78.4 Å². The fourth-order valence-corrected chi connectivity index (χ4v) is 7.89. The van der Waals surface area contributed by atoms with E-state index in [1.807, 2.05) is 6.07 Å². The Bertz CT molecular complexity index is 1380. The number of aryl methyl sites for hydroxylation is 1. The number of amides is 2. The number of nitrogens with zero attached hydrogens (tertiary/aromatic N) is 4. The van der Waals surface area contributed by atoms with Crippen molar-refractivity contribution in [2.24, 2.45) is 0 Å². The van der Waals surface area contributed by atoms with Crippen molar-refractivity contribution in [3.05, 3.63) is 40.0 Å². The standard InChI is InChI=1S/C27H28ClN5O2S/c28-17-9-16-3-1-8-32(18-12-27(31-13-18)6-2-7-27)25(16)20(10-17)24-26-21(29-15-30-24)11-19(36-26)14-33-22(34)4-5-23(33)35/h9-11,15,18,31H,1-8,12-14H2. The molecule has 2 amide bonds. The number of halogens is 1. The SMILES string of the molecule is O=C1CCC(=O)N1Cc1cc2ncnc(-c3cc(Cl)cc4c3N(C3CNC5(CCC5)C3)CCC4)c2s1. The Balaban J connectivity index is 1.30. The second-order valence-corrected chi connectivity index (χ2v) is 12.2. The van der Waals surface area contributed by atoms with Gasteiger partial charge in [0, 0.05) is 58.7 Å². The molecule has 0 radical (unpaired) electrons. The number of benzene rings is 1. The molecule has 1 aromatic carbocycles. The summed E-state index contributed by atoms with van der Waals surface area (Å²) >= 11 is 8.23. The third kappa shape index (κ3) is 3.64. The van der Waals surface area contributed by atoms with E-state index in [0.717, 1.165) is 57.3 Å². The van der Waals surface area contributed by atoms with Gasteiger partial charge in [-0.1, -0.05) is 11.6 Å². The number of hydrogen-bond acceptors (Lipinski definition) is 7. The van der Waals surface area contributed by atoms with Crippen LogP contribution in [0.4, 0.5) is 5.69 Å². The van der Waals surface area contributed by atoms with Crippen molar-refractivity contribution in [1.29, 1.82) is 0 Å². The molecule has 36 heavy (non-hydrogen) atoms. The van der Waals surface area contributed by atoms with Crippen molar-refractivity contribution in [2.75, 3.05) is 18.0 Å². The number of likely N-dealkylation sites (tertiary alicyclic amines) is 1. The van der Waals surface area contributed by atoms with Crippen LogP contribution in [-0.4, -0.2) is 51.4 Å². The van der Waals surface area contributed by atoms with Crippen LogP contribution in [0.1, 0.15) is 55.4 Å². The van der Waals surface area contributed by atoms with Crippen LogP contribution >= 0.6 is 22.9 Å². The highest BCUT2D eigenvalue weighted by Crippen LogP contribution is 2.46. The van der Waals surface area contributed by atoms with Crippen molar-refractivity contribution in [3.8, 4) is 11.3 Å². The average molecular weight is 522 g/mol. The zero-order valence-corrected chi connectivity index (χ0v) is 21.6. The Morgan fingerprint density at radius 1 is 1.08 bits per heavy atom. The van der Waals surface area contributed by atoms with Gasteiger partial charge in [0.25, 0.3) is 0 Å². The molecule has 9 heteroatoms. The van der Waals surface area contributed by atoms with E-state index in [9.17, 15) is 9.59 Å². The lowest BCUT2D eigenvalue weighted by molar-refractivity contribution is -0.138. The summed E-state index contributed by atoms with van der Waals surface area (Å²) in [4.78, 5) is 38.6. The molecule has 7 nitrogen and oxygen atoms in total. The lowest BCUT2D eigenvalue weighted by Crippen LogP contribution is -2.46. The number of rotatable bonds is 4. The fourth-order valence-electron chi connectivity index (χ4n) is 6.55. The first-order valence-electron chi connectivity index (χ1n) is 12.9. The molecule has 2 saturated heterocycles. The van der Waals surface area contributed by atoms with Crippen LogP contribution in [0, 0.1) is 0 Å². The summed E-state index contributed by atoms with van der Waals surface area (Å²) in [6, 6.07) is 6.62. The molecule has 7 rings (SSSR count). The molecule has 5 heterocycles. The summed E-state index contributed by atoms with van der Waals surface area (Å²) < 4.78 is 0.974. The van der Waals surface area contributed by atoms with Crippen LogP contribution in [0.3, 0.4) is 0 Å². The first kappa shape index (κ1) is 22.6. The van der Waals surface area contributed by atoms with E-state index in [-0.39, 0.29) is 11.8 Å². The number of imide groups is 1. The minimum atomic E-state index is -0.0993. The molecule has 3 fully saturated rings. The maximum absolute atomic E-state index is 12.2. The Morgan fingerprint density at radius 3 is 2.67 bits per heavy atom. The van der Waals surface area contributed by atoms with E-state index in [4.69, 9.17) is 16.6 Å². The van der Waals surface area contributed by atoms with Gasteiger partial charge in [0.1, 0.15) is 6.33 Å². The molecule has 2 aromatic heterocycles. The number of thiophene rings is 1. The number of aromatic nitrogens is 2. The quantitative estimate of drug-likeness (QED) is 0.501. The van der Waals surface area contributed by atoms with Gasteiger partial charge in [-0.25, -0.2) is 9.97 Å². The minimum Gasteiger partial charge on any atom is -0.366 e. The number of fused-ring (bicyclic) bond motifs is 2. The number of anilines is 1. The molecule has 0 bridgehead atoms. The van der Waals surface area contributed by atoms with E-state index in [1.165, 1.54) is 41.8 Å².